The van der Waals surface area contributed by atoms with Crippen molar-refractivity contribution in [3.8, 4) is 61.4 Å². The van der Waals surface area contributed by atoms with Crippen LogP contribution >= 0.6 is 0 Å². The van der Waals surface area contributed by atoms with Gasteiger partial charge in [-0.05, 0) is 182 Å². The first kappa shape index (κ1) is 52.4. The number of fused-ring (bicyclic) bond motifs is 18. The molecule has 15 aromatic carbocycles. The van der Waals surface area contributed by atoms with Crippen molar-refractivity contribution in [2.24, 2.45) is 0 Å². The first-order valence-electron chi connectivity index (χ1n) is 32.1. The van der Waals surface area contributed by atoms with Crippen LogP contribution in [0.2, 0.25) is 0 Å². The van der Waals surface area contributed by atoms with Gasteiger partial charge in [0, 0.05) is 28.0 Å². The molecule has 2 heteroatoms. The van der Waals surface area contributed by atoms with Gasteiger partial charge < -0.3 is 10.0 Å². The highest BCUT2D eigenvalue weighted by molar-refractivity contribution is 6.02. The number of anilines is 3. The van der Waals surface area contributed by atoms with Gasteiger partial charge in [-0.1, -0.05) is 297 Å². The minimum absolute atomic E-state index is 0.302. The zero-order valence-corrected chi connectivity index (χ0v) is 50.6. The van der Waals surface area contributed by atoms with Crippen molar-refractivity contribution in [3.63, 3.8) is 0 Å². The summed E-state index contributed by atoms with van der Waals surface area (Å²) in [6.45, 7) is 2.26. The molecule has 4 aliphatic carbocycles. The minimum atomic E-state index is -0.865. The quantitative estimate of drug-likeness (QED) is 0.164. The monoisotopic (exact) mass is 1170 g/mol. The van der Waals surface area contributed by atoms with Crippen LogP contribution in [-0.2, 0) is 16.2 Å². The minimum Gasteiger partial charge on any atom is -0.507 e. The fourth-order valence-electron chi connectivity index (χ4n) is 17.7. The number of benzene rings is 15. The largest absolute Gasteiger partial charge is 0.507 e. The molecule has 0 fully saturated rings. The molecule has 0 saturated heterocycles. The number of hydrogen-bond donors (Lipinski definition) is 1. The van der Waals surface area contributed by atoms with Crippen molar-refractivity contribution < 1.29 is 5.11 Å². The van der Waals surface area contributed by atoms with Crippen molar-refractivity contribution >= 4 is 38.6 Å². The van der Waals surface area contributed by atoms with E-state index in [1.807, 2.05) is 12.1 Å². The second kappa shape index (κ2) is 19.7. The normalized spacial score (nSPS) is 15.3. The highest BCUT2D eigenvalue weighted by Gasteiger charge is 2.53. The summed E-state index contributed by atoms with van der Waals surface area (Å²) in [5, 5.41) is 17.2. The van der Waals surface area contributed by atoms with Gasteiger partial charge in [0.15, 0.2) is 0 Å². The second-order valence-electron chi connectivity index (χ2n) is 25.4. The molecular weight excluding hydrogens is 1110 g/mol. The van der Waals surface area contributed by atoms with Crippen molar-refractivity contribution in [3.05, 3.63) is 406 Å². The van der Waals surface area contributed by atoms with Crippen LogP contribution in [0.5, 0.6) is 5.75 Å². The van der Waals surface area contributed by atoms with E-state index in [0.717, 1.165) is 66.8 Å². The van der Waals surface area contributed by atoms with Crippen molar-refractivity contribution in [1.82, 2.24) is 0 Å². The molecular formula is C90H59NO. The summed E-state index contributed by atoms with van der Waals surface area (Å²) in [5.74, 6) is 0.302. The van der Waals surface area contributed by atoms with Gasteiger partial charge >= 0.3 is 0 Å². The predicted molar refractivity (Wildman–Crippen MR) is 379 cm³/mol. The fraction of sp³-hybridized carbons (Fsp3) is 0.0444. The molecule has 92 heavy (non-hydrogen) atoms. The Labute approximate surface area is 535 Å². The van der Waals surface area contributed by atoms with E-state index in [0.29, 0.717) is 5.75 Å². The van der Waals surface area contributed by atoms with Gasteiger partial charge in [0.2, 0.25) is 0 Å². The van der Waals surface area contributed by atoms with Crippen LogP contribution in [0.25, 0.3) is 77.2 Å². The Morgan fingerprint density at radius 1 is 0.250 bits per heavy atom. The first-order valence-corrected chi connectivity index (χ1v) is 32.1. The lowest BCUT2D eigenvalue weighted by Gasteiger charge is -2.36. The van der Waals surface area contributed by atoms with Crippen molar-refractivity contribution in [2.45, 2.75) is 23.2 Å². The maximum Gasteiger partial charge on any atom is 0.128 e. The van der Waals surface area contributed by atoms with E-state index in [9.17, 15) is 5.11 Å². The van der Waals surface area contributed by atoms with Gasteiger partial charge in [0.05, 0.1) is 16.2 Å². The molecule has 4 aliphatic rings. The summed E-state index contributed by atoms with van der Waals surface area (Å²) in [6.07, 6.45) is 0. The van der Waals surface area contributed by atoms with Gasteiger partial charge in [0.1, 0.15) is 5.75 Å². The molecule has 0 amide bonds. The summed E-state index contributed by atoms with van der Waals surface area (Å²) in [6, 6.07) is 124. The van der Waals surface area contributed by atoms with E-state index in [4.69, 9.17) is 0 Å². The third kappa shape index (κ3) is 6.88. The van der Waals surface area contributed by atoms with E-state index in [1.165, 1.54) is 99.8 Å². The number of nitrogens with zero attached hydrogens (tertiary/aromatic N) is 1. The summed E-state index contributed by atoms with van der Waals surface area (Å²) >= 11 is 0. The zero-order chi connectivity index (χ0) is 60.9. The van der Waals surface area contributed by atoms with Crippen LogP contribution in [0.3, 0.4) is 0 Å². The molecule has 1 N–H and O–H groups in total. The summed E-state index contributed by atoms with van der Waals surface area (Å²) in [4.78, 5) is 2.50. The zero-order valence-electron chi connectivity index (χ0n) is 50.6. The van der Waals surface area contributed by atoms with Crippen LogP contribution in [0.15, 0.2) is 334 Å². The molecule has 0 aliphatic heterocycles. The van der Waals surface area contributed by atoms with Gasteiger partial charge in [-0.2, -0.15) is 0 Å². The molecule has 430 valence electrons. The molecule has 1 unspecified atom stereocenters. The molecule has 0 heterocycles. The number of phenolic OH excluding ortho intramolecular Hbond substituents is 1. The lowest BCUT2D eigenvalue weighted by Crippen LogP contribution is -2.30. The van der Waals surface area contributed by atoms with Gasteiger partial charge in [-0.25, -0.2) is 0 Å². The number of phenols is 1. The van der Waals surface area contributed by atoms with Crippen LogP contribution in [0.1, 0.15) is 72.3 Å². The average Bonchev–Trinajstić information content (AvgIpc) is 1.52. The SMILES string of the molecule is Cc1c(C2(c3ccc4ccccc4c3O)c3ccccc3-c3c(-c4ccc(N(c5ccc6c(c5)-c5ccccc5C65c6ccccc6-c6ccccc65)c5ccc6c(c5)C(c5ccccc5)(c5ccccc5)c5ccccc5-6)cc4)cccc32)ccc2ccccc12. The number of rotatable bonds is 8. The third-order valence-corrected chi connectivity index (χ3v) is 21.4. The highest BCUT2D eigenvalue weighted by atomic mass is 16.3. The summed E-state index contributed by atoms with van der Waals surface area (Å²) < 4.78 is 0. The summed E-state index contributed by atoms with van der Waals surface area (Å²) in [7, 11) is 0. The Morgan fingerprint density at radius 2 is 0.652 bits per heavy atom. The Morgan fingerprint density at radius 3 is 1.27 bits per heavy atom. The average molecular weight is 1170 g/mol. The predicted octanol–water partition coefficient (Wildman–Crippen LogP) is 22.2. The topological polar surface area (TPSA) is 23.5 Å². The maximum absolute atomic E-state index is 12.9. The van der Waals surface area contributed by atoms with Gasteiger partial charge in [-0.15, -0.1) is 0 Å². The molecule has 0 bridgehead atoms. The summed E-state index contributed by atoms with van der Waals surface area (Å²) in [5.41, 5.74) is 29.2. The van der Waals surface area contributed by atoms with Crippen LogP contribution < -0.4 is 4.90 Å². The molecule has 0 aromatic heterocycles. The molecule has 0 radical (unpaired) electrons. The lowest BCUT2D eigenvalue weighted by atomic mass is 9.65. The molecule has 2 nitrogen and oxygen atoms in total. The molecule has 1 spiro atoms. The number of hydrogen-bond acceptors (Lipinski definition) is 2. The van der Waals surface area contributed by atoms with E-state index in [1.54, 1.807) is 0 Å². The van der Waals surface area contributed by atoms with E-state index < -0.39 is 16.2 Å². The van der Waals surface area contributed by atoms with Gasteiger partial charge in [0.25, 0.3) is 0 Å². The highest BCUT2D eigenvalue weighted by Crippen LogP contribution is 2.65. The Kier molecular flexibility index (Phi) is 11.2. The number of aromatic hydroxyl groups is 1. The molecule has 1 atom stereocenters. The Bertz CT molecular complexity index is 5390. The number of aryl methyl sites for hydroxylation is 1. The fourth-order valence-corrected chi connectivity index (χ4v) is 17.7. The molecule has 0 saturated carbocycles. The first-order chi connectivity index (χ1) is 45.5. The lowest BCUT2D eigenvalue weighted by molar-refractivity contribution is 0.467. The Hall–Kier alpha value is -11.6. The third-order valence-electron chi connectivity index (χ3n) is 21.4. The van der Waals surface area contributed by atoms with E-state index in [-0.39, 0.29) is 0 Å². The van der Waals surface area contributed by atoms with Crippen LogP contribution in [-0.4, -0.2) is 5.11 Å². The Balaban J connectivity index is 0.835. The van der Waals surface area contributed by atoms with Crippen molar-refractivity contribution in [1.29, 1.82) is 0 Å². The molecule has 15 aromatic rings. The molecule has 19 rings (SSSR count). The van der Waals surface area contributed by atoms with Crippen molar-refractivity contribution in [2.75, 3.05) is 4.90 Å². The van der Waals surface area contributed by atoms with Crippen LogP contribution in [0, 0.1) is 6.92 Å². The van der Waals surface area contributed by atoms with E-state index in [2.05, 4.69) is 333 Å². The smallest absolute Gasteiger partial charge is 0.128 e. The van der Waals surface area contributed by atoms with E-state index >= 15 is 0 Å². The maximum atomic E-state index is 12.9. The van der Waals surface area contributed by atoms with Gasteiger partial charge in [-0.3, -0.25) is 0 Å². The standard InChI is InChI=1S/C90H59NO/c1-57-66-29-10-8-23-58(66)45-52-76(57)89(84-53-46-59-24-9-11-30-68(59)87(84)92)81-41-21-16-35-74(81)86-67(36-22-42-83(86)89)60-43-47-63(48-44-60)91(65-49-51-73-71-33-12-17-37-77(71)88(85(73)56-65,61-25-4-2-5-26-61)62-27-6-3-7-28-62)64-50-54-82-75(55-64)72-34-15-20-40-80(72)90(82)78-38-18-13-31-69(78)70-32-14-19-39-79(70)90/h2-56,92H,1H3. The van der Waals surface area contributed by atoms with Crippen LogP contribution in [0.4, 0.5) is 17.1 Å². The second-order valence-corrected chi connectivity index (χ2v) is 25.4.